The molecule has 0 saturated carbocycles. The van der Waals surface area contributed by atoms with E-state index in [0.717, 1.165) is 0 Å². The Morgan fingerprint density at radius 1 is 1.00 bits per heavy atom. The van der Waals surface area contributed by atoms with Gasteiger partial charge in [-0.2, -0.15) is 0 Å². The molecule has 2 heteroatoms. The summed E-state index contributed by atoms with van der Waals surface area (Å²) in [5, 5.41) is 0. The van der Waals surface area contributed by atoms with Gasteiger partial charge in [-0.1, -0.05) is 52.4 Å². The maximum absolute atomic E-state index is 3.37. The maximum Gasteiger partial charge on any atom is 0.0486 e. The highest BCUT2D eigenvalue weighted by Gasteiger charge is 2.17. The highest BCUT2D eigenvalue weighted by atomic mass is 15.4. The lowest BCUT2D eigenvalue weighted by atomic mass is 9.97. The molecule has 0 aromatic heterocycles. The lowest BCUT2D eigenvalue weighted by Crippen LogP contribution is -2.31. The van der Waals surface area contributed by atoms with E-state index in [2.05, 4.69) is 30.9 Å². The highest BCUT2D eigenvalue weighted by molar-refractivity contribution is 5.13. The van der Waals surface area contributed by atoms with Gasteiger partial charge in [-0.3, -0.25) is 0 Å². The molecule has 0 fully saturated rings. The van der Waals surface area contributed by atoms with Gasteiger partial charge in [0.1, 0.15) is 0 Å². The predicted octanol–water partition coefficient (Wildman–Crippen LogP) is 3.90. The average molecular weight is 224 g/mol. The third kappa shape index (κ3) is 5.02. The van der Waals surface area contributed by atoms with Crippen LogP contribution in [0.25, 0.3) is 0 Å². The summed E-state index contributed by atoms with van der Waals surface area (Å²) in [6.07, 6.45) is 14.2. The molecule has 94 valence electrons. The molecule has 1 rings (SSSR count). The van der Waals surface area contributed by atoms with E-state index in [4.69, 9.17) is 0 Å². The Bertz CT molecular complexity index is 199. The van der Waals surface area contributed by atoms with Crippen molar-refractivity contribution >= 4 is 0 Å². The highest BCUT2D eigenvalue weighted by Crippen LogP contribution is 2.19. The molecule has 0 aliphatic carbocycles. The van der Waals surface area contributed by atoms with E-state index >= 15 is 0 Å². The Labute approximate surface area is 101 Å². The average Bonchev–Trinajstić information content (AvgIpc) is 2.73. The van der Waals surface area contributed by atoms with Crippen LogP contribution in [-0.2, 0) is 0 Å². The lowest BCUT2D eigenvalue weighted by molar-refractivity contribution is 0.493. The summed E-state index contributed by atoms with van der Waals surface area (Å²) in [6, 6.07) is 0.605. The summed E-state index contributed by atoms with van der Waals surface area (Å²) >= 11 is 0. The van der Waals surface area contributed by atoms with E-state index in [1.165, 1.54) is 57.8 Å². The van der Waals surface area contributed by atoms with Gasteiger partial charge in [-0.25, -0.2) is 5.43 Å². The minimum atomic E-state index is 0.605. The molecule has 1 heterocycles. The molecule has 1 unspecified atom stereocenters. The van der Waals surface area contributed by atoms with Crippen LogP contribution in [0.2, 0.25) is 0 Å². The van der Waals surface area contributed by atoms with Crippen LogP contribution in [0, 0.1) is 0 Å². The minimum absolute atomic E-state index is 0.605. The van der Waals surface area contributed by atoms with E-state index in [9.17, 15) is 0 Å². The van der Waals surface area contributed by atoms with Crippen molar-refractivity contribution in [3.05, 3.63) is 11.8 Å². The zero-order chi connectivity index (χ0) is 11.6. The Balaban J connectivity index is 2.13. The van der Waals surface area contributed by atoms with Gasteiger partial charge in [0.05, 0.1) is 0 Å². The summed E-state index contributed by atoms with van der Waals surface area (Å²) in [6.45, 7) is 4.53. The van der Waals surface area contributed by atoms with Crippen LogP contribution in [0.3, 0.4) is 0 Å². The second-order valence-electron chi connectivity index (χ2n) is 4.87. The van der Waals surface area contributed by atoms with E-state index < -0.39 is 0 Å². The van der Waals surface area contributed by atoms with Crippen LogP contribution >= 0.6 is 0 Å². The Morgan fingerprint density at radius 3 is 2.50 bits per heavy atom. The molecule has 0 radical (unpaired) electrons. The second kappa shape index (κ2) is 8.63. The topological polar surface area (TPSA) is 24.1 Å². The zero-order valence-electron chi connectivity index (χ0n) is 11.0. The monoisotopic (exact) mass is 224 g/mol. The van der Waals surface area contributed by atoms with E-state index in [1.54, 1.807) is 5.57 Å². The molecule has 0 saturated heterocycles. The van der Waals surface area contributed by atoms with Gasteiger partial charge in [0.25, 0.3) is 0 Å². The molecule has 1 atom stereocenters. The molecule has 0 spiro atoms. The van der Waals surface area contributed by atoms with Crippen LogP contribution in [0.4, 0.5) is 0 Å². The number of hydrazine groups is 1. The van der Waals surface area contributed by atoms with E-state index in [1.807, 2.05) is 0 Å². The molecule has 1 aliphatic rings. The van der Waals surface area contributed by atoms with Gasteiger partial charge in [0, 0.05) is 12.2 Å². The molecule has 0 amide bonds. The van der Waals surface area contributed by atoms with Crippen molar-refractivity contribution in [1.29, 1.82) is 0 Å². The third-order valence-electron chi connectivity index (χ3n) is 3.38. The molecule has 2 N–H and O–H groups in total. The van der Waals surface area contributed by atoms with Crippen molar-refractivity contribution in [2.75, 3.05) is 0 Å². The number of nitrogens with one attached hydrogen (secondary N) is 2. The molecular weight excluding hydrogens is 196 g/mol. The van der Waals surface area contributed by atoms with Crippen LogP contribution < -0.4 is 10.9 Å². The van der Waals surface area contributed by atoms with E-state index in [-0.39, 0.29) is 0 Å². The third-order valence-corrected chi connectivity index (χ3v) is 3.38. The zero-order valence-corrected chi connectivity index (χ0v) is 11.0. The number of hydrogen-bond donors (Lipinski definition) is 2. The second-order valence-corrected chi connectivity index (χ2v) is 4.87. The Morgan fingerprint density at radius 2 is 1.75 bits per heavy atom. The van der Waals surface area contributed by atoms with Crippen molar-refractivity contribution in [2.24, 2.45) is 0 Å². The van der Waals surface area contributed by atoms with Crippen LogP contribution in [0.1, 0.15) is 71.6 Å². The molecule has 2 nitrogen and oxygen atoms in total. The quantitative estimate of drug-likeness (QED) is 0.580. The first-order chi connectivity index (χ1) is 7.88. The van der Waals surface area contributed by atoms with Crippen molar-refractivity contribution in [1.82, 2.24) is 10.9 Å². The first kappa shape index (κ1) is 13.6. The lowest BCUT2D eigenvalue weighted by Gasteiger charge is -2.14. The fourth-order valence-electron chi connectivity index (χ4n) is 2.29. The van der Waals surface area contributed by atoms with Crippen LogP contribution in [-0.4, -0.2) is 6.04 Å². The Kier molecular flexibility index (Phi) is 7.32. The molecule has 0 aromatic rings. The van der Waals surface area contributed by atoms with Gasteiger partial charge >= 0.3 is 0 Å². The van der Waals surface area contributed by atoms with E-state index in [0.29, 0.717) is 6.04 Å². The van der Waals surface area contributed by atoms with Crippen molar-refractivity contribution < 1.29 is 0 Å². The maximum atomic E-state index is 3.37. The number of unbranched alkanes of at least 4 members (excludes halogenated alkanes) is 5. The van der Waals surface area contributed by atoms with Gasteiger partial charge in [0.15, 0.2) is 0 Å². The molecule has 0 aromatic carbocycles. The first-order valence-electron chi connectivity index (χ1n) is 7.08. The molecule has 1 aliphatic heterocycles. The minimum Gasteiger partial charge on any atom is -0.328 e. The largest absolute Gasteiger partial charge is 0.328 e. The fraction of sp³-hybridized carbons (Fsp3) is 0.857. The van der Waals surface area contributed by atoms with Gasteiger partial charge in [0.2, 0.25) is 0 Å². The standard InChI is InChI=1S/C14H28N2/c1-3-5-7-9-11-14-13(12-15-16-14)10-8-6-4-2/h12,14-16H,3-11H2,1-2H3. The van der Waals surface area contributed by atoms with Crippen molar-refractivity contribution in [3.63, 3.8) is 0 Å². The van der Waals surface area contributed by atoms with Crippen molar-refractivity contribution in [3.8, 4) is 0 Å². The summed E-state index contributed by atoms with van der Waals surface area (Å²) in [4.78, 5) is 0. The van der Waals surface area contributed by atoms with Crippen LogP contribution in [0.5, 0.6) is 0 Å². The number of hydrogen-bond acceptors (Lipinski definition) is 2. The Hall–Kier alpha value is -0.500. The van der Waals surface area contributed by atoms with Crippen LogP contribution in [0.15, 0.2) is 11.8 Å². The summed E-state index contributed by atoms with van der Waals surface area (Å²) in [5.74, 6) is 0. The normalized spacial score (nSPS) is 19.6. The molecule has 0 bridgehead atoms. The molecule has 16 heavy (non-hydrogen) atoms. The fourth-order valence-corrected chi connectivity index (χ4v) is 2.29. The van der Waals surface area contributed by atoms with Gasteiger partial charge < -0.3 is 5.43 Å². The SMILES string of the molecule is CCCCCCC1NNC=C1CCCCC. The summed E-state index contributed by atoms with van der Waals surface area (Å²) in [7, 11) is 0. The molecular formula is C14H28N2. The summed E-state index contributed by atoms with van der Waals surface area (Å²) in [5.41, 5.74) is 8.13. The number of rotatable bonds is 9. The summed E-state index contributed by atoms with van der Waals surface area (Å²) < 4.78 is 0. The smallest absolute Gasteiger partial charge is 0.0486 e. The van der Waals surface area contributed by atoms with Gasteiger partial charge in [-0.15, -0.1) is 0 Å². The van der Waals surface area contributed by atoms with Crippen molar-refractivity contribution in [2.45, 2.75) is 77.7 Å². The van der Waals surface area contributed by atoms with Gasteiger partial charge in [-0.05, 0) is 24.8 Å². The first-order valence-corrected chi connectivity index (χ1v) is 7.08. The predicted molar refractivity (Wildman–Crippen MR) is 71.0 cm³/mol.